The number of nitrogens with zero attached hydrogens (tertiary/aromatic N) is 6. The number of anilines is 1. The molecule has 0 amide bonds. The Morgan fingerprint density at radius 3 is 2.42 bits per heavy atom. The highest BCUT2D eigenvalue weighted by molar-refractivity contribution is 5.80. The van der Waals surface area contributed by atoms with Gasteiger partial charge in [-0.25, -0.2) is 9.97 Å². The van der Waals surface area contributed by atoms with Crippen molar-refractivity contribution in [1.82, 2.24) is 25.1 Å². The summed E-state index contributed by atoms with van der Waals surface area (Å²) in [5.41, 5.74) is 1.24. The number of aromatic nitrogens is 2. The predicted octanol–water partition coefficient (Wildman–Crippen LogP) is 2.02. The number of likely N-dealkylation sites (tertiary alicyclic amines) is 1. The molecule has 1 atom stereocenters. The summed E-state index contributed by atoms with van der Waals surface area (Å²) in [5.74, 6) is 2.70. The largest absolute Gasteiger partial charge is 0.496 e. The summed E-state index contributed by atoms with van der Waals surface area (Å²) in [6.07, 6.45) is 6.10. The number of benzene rings is 1. The molecule has 31 heavy (non-hydrogen) atoms. The fourth-order valence-electron chi connectivity index (χ4n) is 4.52. The van der Waals surface area contributed by atoms with Gasteiger partial charge in [0.1, 0.15) is 5.75 Å². The third kappa shape index (κ3) is 5.07. The number of piperazine rings is 1. The van der Waals surface area contributed by atoms with E-state index in [1.54, 1.807) is 19.5 Å². The van der Waals surface area contributed by atoms with E-state index in [0.717, 1.165) is 63.5 Å². The molecule has 8 nitrogen and oxygen atoms in total. The second-order valence-electron chi connectivity index (χ2n) is 7.95. The van der Waals surface area contributed by atoms with Gasteiger partial charge in [0.05, 0.1) is 13.2 Å². The van der Waals surface area contributed by atoms with Gasteiger partial charge < -0.3 is 19.9 Å². The molecule has 3 heterocycles. The average Bonchev–Trinajstić information content (AvgIpc) is 3.37. The van der Waals surface area contributed by atoms with Crippen LogP contribution in [0.25, 0.3) is 0 Å². The summed E-state index contributed by atoms with van der Waals surface area (Å²) in [5, 5.41) is 3.65. The third-order valence-electron chi connectivity index (χ3n) is 6.16. The number of hydrogen-bond donors (Lipinski definition) is 1. The summed E-state index contributed by atoms with van der Waals surface area (Å²) in [6, 6.07) is 10.5. The van der Waals surface area contributed by atoms with Crippen molar-refractivity contribution in [3.8, 4) is 5.75 Å². The zero-order valence-electron chi connectivity index (χ0n) is 18.6. The second-order valence-corrected chi connectivity index (χ2v) is 7.95. The van der Waals surface area contributed by atoms with Crippen LogP contribution in [0.3, 0.4) is 0 Å². The van der Waals surface area contributed by atoms with Gasteiger partial charge in [0.25, 0.3) is 0 Å². The number of para-hydroxylation sites is 1. The molecule has 0 aliphatic carbocycles. The molecule has 4 rings (SSSR count). The lowest BCUT2D eigenvalue weighted by Crippen LogP contribution is -2.53. The fraction of sp³-hybridized carbons (Fsp3) is 0.522. The lowest BCUT2D eigenvalue weighted by atomic mass is 10.0. The third-order valence-corrected chi connectivity index (χ3v) is 6.16. The van der Waals surface area contributed by atoms with Crippen LogP contribution in [0.1, 0.15) is 24.4 Å². The molecule has 1 aromatic carbocycles. The SMILES string of the molecule is CN=C(NCC(c1ccccc1OC)N1CCCC1)N1CCN(c2ncccn2)CC1. The van der Waals surface area contributed by atoms with E-state index in [4.69, 9.17) is 4.74 Å². The van der Waals surface area contributed by atoms with Crippen molar-refractivity contribution in [3.05, 3.63) is 48.3 Å². The Bertz CT molecular complexity index is 846. The monoisotopic (exact) mass is 423 g/mol. The minimum Gasteiger partial charge on any atom is -0.496 e. The summed E-state index contributed by atoms with van der Waals surface area (Å²) < 4.78 is 5.68. The first-order valence-electron chi connectivity index (χ1n) is 11.1. The van der Waals surface area contributed by atoms with Crippen LogP contribution in [0.5, 0.6) is 5.75 Å². The maximum atomic E-state index is 5.68. The number of ether oxygens (including phenoxy) is 1. The lowest BCUT2D eigenvalue weighted by Gasteiger charge is -2.37. The van der Waals surface area contributed by atoms with Gasteiger partial charge in [-0.1, -0.05) is 18.2 Å². The van der Waals surface area contributed by atoms with Crippen molar-refractivity contribution in [1.29, 1.82) is 0 Å². The Morgan fingerprint density at radius 1 is 1.03 bits per heavy atom. The topological polar surface area (TPSA) is 69.1 Å². The minimum atomic E-state index is 0.259. The molecule has 2 aromatic rings. The van der Waals surface area contributed by atoms with Gasteiger partial charge in [-0.3, -0.25) is 9.89 Å². The molecule has 166 valence electrons. The van der Waals surface area contributed by atoms with Gasteiger partial charge in [0.2, 0.25) is 5.95 Å². The predicted molar refractivity (Wildman–Crippen MR) is 124 cm³/mol. The van der Waals surface area contributed by atoms with Crippen molar-refractivity contribution in [3.63, 3.8) is 0 Å². The van der Waals surface area contributed by atoms with E-state index in [-0.39, 0.29) is 6.04 Å². The molecular weight excluding hydrogens is 390 g/mol. The molecule has 2 saturated heterocycles. The summed E-state index contributed by atoms with van der Waals surface area (Å²) in [4.78, 5) is 20.4. The van der Waals surface area contributed by atoms with E-state index in [2.05, 4.69) is 53.2 Å². The summed E-state index contributed by atoms with van der Waals surface area (Å²) in [6.45, 7) is 6.59. The average molecular weight is 424 g/mol. The molecule has 2 fully saturated rings. The quantitative estimate of drug-likeness (QED) is 0.563. The molecule has 1 unspecified atom stereocenters. The Hall–Kier alpha value is -2.87. The van der Waals surface area contributed by atoms with Gasteiger partial charge in [0.15, 0.2) is 5.96 Å². The summed E-state index contributed by atoms with van der Waals surface area (Å²) >= 11 is 0. The maximum absolute atomic E-state index is 5.68. The lowest BCUT2D eigenvalue weighted by molar-refractivity contribution is 0.237. The molecule has 8 heteroatoms. The first-order valence-corrected chi connectivity index (χ1v) is 11.1. The van der Waals surface area contributed by atoms with Crippen LogP contribution in [0, 0.1) is 0 Å². The van der Waals surface area contributed by atoms with Crippen LogP contribution in [0.2, 0.25) is 0 Å². The first kappa shape index (κ1) is 21.4. The molecule has 1 aromatic heterocycles. The zero-order valence-corrected chi connectivity index (χ0v) is 18.6. The number of methoxy groups -OCH3 is 1. The van der Waals surface area contributed by atoms with E-state index < -0.39 is 0 Å². The molecule has 2 aliphatic rings. The van der Waals surface area contributed by atoms with Gasteiger partial charge >= 0.3 is 0 Å². The van der Waals surface area contributed by atoms with Crippen molar-refractivity contribution in [2.45, 2.75) is 18.9 Å². The van der Waals surface area contributed by atoms with Gasteiger partial charge in [0, 0.05) is 57.7 Å². The van der Waals surface area contributed by atoms with E-state index in [9.17, 15) is 0 Å². The molecule has 0 spiro atoms. The van der Waals surface area contributed by atoms with Crippen molar-refractivity contribution >= 4 is 11.9 Å². The van der Waals surface area contributed by atoms with Gasteiger partial charge in [-0.15, -0.1) is 0 Å². The molecule has 0 saturated carbocycles. The van der Waals surface area contributed by atoms with Crippen LogP contribution < -0.4 is 15.0 Å². The second kappa shape index (κ2) is 10.4. The van der Waals surface area contributed by atoms with E-state index in [1.807, 2.05) is 19.2 Å². The van der Waals surface area contributed by atoms with Crippen LogP contribution in [0.4, 0.5) is 5.95 Å². The number of rotatable bonds is 6. The number of nitrogens with one attached hydrogen (secondary N) is 1. The van der Waals surface area contributed by atoms with Gasteiger partial charge in [-0.05, 0) is 38.1 Å². The summed E-state index contributed by atoms with van der Waals surface area (Å²) in [7, 11) is 3.62. The van der Waals surface area contributed by atoms with Crippen LogP contribution in [-0.2, 0) is 0 Å². The van der Waals surface area contributed by atoms with Crippen molar-refractivity contribution < 1.29 is 4.74 Å². The Balaban J connectivity index is 1.40. The van der Waals surface area contributed by atoms with Crippen molar-refractivity contribution in [2.24, 2.45) is 4.99 Å². The molecule has 0 radical (unpaired) electrons. The van der Waals surface area contributed by atoms with E-state index in [1.165, 1.54) is 18.4 Å². The Kier molecular flexibility index (Phi) is 7.19. The molecule has 0 bridgehead atoms. The maximum Gasteiger partial charge on any atom is 0.225 e. The smallest absolute Gasteiger partial charge is 0.225 e. The zero-order chi connectivity index (χ0) is 21.5. The normalized spacial score (nSPS) is 18.8. The van der Waals surface area contributed by atoms with E-state index >= 15 is 0 Å². The van der Waals surface area contributed by atoms with Crippen LogP contribution >= 0.6 is 0 Å². The Morgan fingerprint density at radius 2 is 1.74 bits per heavy atom. The standard InChI is InChI=1S/C23H33N7O/c1-24-22(29-14-16-30(17-15-29)23-25-10-7-11-26-23)27-18-20(28-12-5-6-13-28)19-8-3-4-9-21(19)31-2/h3-4,7-11,20H,5-6,12-18H2,1-2H3,(H,24,27). The van der Waals surface area contributed by atoms with Crippen LogP contribution in [0.15, 0.2) is 47.7 Å². The Labute approximate surface area is 184 Å². The number of aliphatic imine (C=N–C) groups is 1. The van der Waals surface area contributed by atoms with Crippen molar-refractivity contribution in [2.75, 3.05) is 64.9 Å². The fourth-order valence-corrected chi connectivity index (χ4v) is 4.52. The number of guanidine groups is 1. The molecule has 2 aliphatic heterocycles. The number of hydrogen-bond acceptors (Lipinski definition) is 6. The molecule has 1 N–H and O–H groups in total. The highest BCUT2D eigenvalue weighted by atomic mass is 16.5. The minimum absolute atomic E-state index is 0.259. The highest BCUT2D eigenvalue weighted by Crippen LogP contribution is 2.31. The first-order chi connectivity index (χ1) is 15.3. The highest BCUT2D eigenvalue weighted by Gasteiger charge is 2.27. The van der Waals surface area contributed by atoms with Gasteiger partial charge in [-0.2, -0.15) is 0 Å². The van der Waals surface area contributed by atoms with Crippen LogP contribution in [-0.4, -0.2) is 85.7 Å². The van der Waals surface area contributed by atoms with E-state index in [0.29, 0.717) is 0 Å². The molecular formula is C23H33N7O.